The molecule has 0 saturated heterocycles. The van der Waals surface area contributed by atoms with Crippen LogP contribution in [-0.4, -0.2) is 33.2 Å². The van der Waals surface area contributed by atoms with Gasteiger partial charge in [-0.15, -0.1) is 5.10 Å². The van der Waals surface area contributed by atoms with Gasteiger partial charge in [0.05, 0.1) is 25.3 Å². The van der Waals surface area contributed by atoms with Crippen LogP contribution in [0.25, 0.3) is 0 Å². The average Bonchev–Trinajstić information content (AvgIpc) is 3.10. The van der Waals surface area contributed by atoms with E-state index >= 15 is 0 Å². The van der Waals surface area contributed by atoms with Crippen molar-refractivity contribution in [3.8, 4) is 0 Å². The van der Waals surface area contributed by atoms with Gasteiger partial charge in [0.2, 0.25) is 0 Å². The first-order valence-corrected chi connectivity index (χ1v) is 8.67. The molecule has 0 spiro atoms. The lowest BCUT2D eigenvalue weighted by Crippen LogP contribution is -2.22. The lowest BCUT2D eigenvalue weighted by Gasteiger charge is -2.23. The first-order valence-electron chi connectivity index (χ1n) is 8.67. The van der Waals surface area contributed by atoms with Crippen molar-refractivity contribution in [1.82, 2.24) is 15.0 Å². The molecule has 0 aliphatic carbocycles. The van der Waals surface area contributed by atoms with Gasteiger partial charge in [-0.1, -0.05) is 30.3 Å². The molecule has 0 fully saturated rings. The van der Waals surface area contributed by atoms with E-state index in [9.17, 15) is 9.90 Å². The number of esters is 1. The number of hydrogen-bond donors (Lipinski definition) is 1. The summed E-state index contributed by atoms with van der Waals surface area (Å²) < 4.78 is 6.74. The quantitative estimate of drug-likeness (QED) is 0.744. The number of ether oxygens (including phenoxy) is 1. The standard InChI is InChI=1S/C19H27N3O3/c1-5-22-11-17(20-21-22)8-9-18(14(3)19(24)25-4)15-7-6-13(2)16(10-15)12-23/h6-7,10-11,14,18,23H,5,8-9,12H2,1-4H3. The molecule has 2 unspecified atom stereocenters. The third-order valence-electron chi connectivity index (χ3n) is 4.77. The second-order valence-corrected chi connectivity index (χ2v) is 6.37. The third kappa shape index (κ3) is 4.66. The molecular formula is C19H27N3O3. The van der Waals surface area contributed by atoms with Crippen molar-refractivity contribution in [2.75, 3.05) is 7.11 Å². The molecule has 1 aromatic carbocycles. The zero-order chi connectivity index (χ0) is 18.4. The molecule has 2 atom stereocenters. The predicted molar refractivity (Wildman–Crippen MR) is 95.0 cm³/mol. The highest BCUT2D eigenvalue weighted by Gasteiger charge is 2.27. The molecule has 0 saturated carbocycles. The molecule has 0 amide bonds. The van der Waals surface area contributed by atoms with Gasteiger partial charge in [-0.3, -0.25) is 9.48 Å². The molecule has 0 bridgehead atoms. The maximum Gasteiger partial charge on any atom is 0.308 e. The molecule has 6 heteroatoms. The van der Waals surface area contributed by atoms with Gasteiger partial charge in [0, 0.05) is 12.7 Å². The molecule has 136 valence electrons. The number of carbonyl (C=O) groups is 1. The number of hydrogen-bond acceptors (Lipinski definition) is 5. The minimum Gasteiger partial charge on any atom is -0.469 e. The van der Waals surface area contributed by atoms with E-state index in [4.69, 9.17) is 4.74 Å². The largest absolute Gasteiger partial charge is 0.469 e. The van der Waals surface area contributed by atoms with Crippen LogP contribution < -0.4 is 0 Å². The Kier molecular flexibility index (Phi) is 6.70. The zero-order valence-electron chi connectivity index (χ0n) is 15.4. The van der Waals surface area contributed by atoms with Crippen LogP contribution in [0.15, 0.2) is 24.4 Å². The first-order chi connectivity index (χ1) is 12.0. The fourth-order valence-electron chi connectivity index (χ4n) is 3.06. The number of nitrogens with zero attached hydrogens (tertiary/aromatic N) is 3. The van der Waals surface area contributed by atoms with Gasteiger partial charge in [-0.25, -0.2) is 0 Å². The number of aliphatic hydroxyl groups excluding tert-OH is 1. The number of aliphatic hydroxyl groups is 1. The number of benzene rings is 1. The van der Waals surface area contributed by atoms with E-state index < -0.39 is 0 Å². The first kappa shape index (κ1) is 19.1. The molecular weight excluding hydrogens is 318 g/mol. The minimum absolute atomic E-state index is 0.00914. The molecule has 2 rings (SSSR count). The Morgan fingerprint density at radius 2 is 2.16 bits per heavy atom. The van der Waals surface area contributed by atoms with Gasteiger partial charge in [0.15, 0.2) is 0 Å². The van der Waals surface area contributed by atoms with Gasteiger partial charge in [-0.2, -0.15) is 0 Å². The zero-order valence-corrected chi connectivity index (χ0v) is 15.4. The van der Waals surface area contributed by atoms with Crippen LogP contribution in [0, 0.1) is 12.8 Å². The van der Waals surface area contributed by atoms with E-state index in [0.29, 0.717) is 0 Å². The van der Waals surface area contributed by atoms with Gasteiger partial charge < -0.3 is 9.84 Å². The lowest BCUT2D eigenvalue weighted by atomic mass is 9.82. The highest BCUT2D eigenvalue weighted by Crippen LogP contribution is 2.31. The number of aryl methyl sites for hydroxylation is 3. The Morgan fingerprint density at radius 1 is 1.40 bits per heavy atom. The smallest absolute Gasteiger partial charge is 0.308 e. The topological polar surface area (TPSA) is 77.2 Å². The van der Waals surface area contributed by atoms with Gasteiger partial charge in [0.25, 0.3) is 0 Å². The molecule has 0 aliphatic heterocycles. The van der Waals surface area contributed by atoms with Crippen LogP contribution in [0.1, 0.15) is 48.6 Å². The van der Waals surface area contributed by atoms with E-state index in [2.05, 4.69) is 10.3 Å². The second kappa shape index (κ2) is 8.76. The predicted octanol–water partition coefficient (Wildman–Crippen LogP) is 2.62. The minimum atomic E-state index is -0.277. The molecule has 1 aromatic heterocycles. The molecule has 6 nitrogen and oxygen atoms in total. The van der Waals surface area contributed by atoms with E-state index in [1.54, 1.807) is 4.68 Å². The van der Waals surface area contributed by atoms with E-state index in [1.807, 2.05) is 45.2 Å². The Labute approximate surface area is 148 Å². The monoisotopic (exact) mass is 345 g/mol. The molecule has 2 aromatic rings. The number of aromatic nitrogens is 3. The van der Waals surface area contributed by atoms with Crippen LogP contribution in [0.2, 0.25) is 0 Å². The van der Waals surface area contributed by atoms with Gasteiger partial charge in [-0.05, 0) is 49.3 Å². The summed E-state index contributed by atoms with van der Waals surface area (Å²) in [6.45, 7) is 6.65. The van der Waals surface area contributed by atoms with Crippen LogP contribution in [0.5, 0.6) is 0 Å². The third-order valence-corrected chi connectivity index (χ3v) is 4.77. The summed E-state index contributed by atoms with van der Waals surface area (Å²) >= 11 is 0. The van der Waals surface area contributed by atoms with Crippen LogP contribution in [0.4, 0.5) is 0 Å². The van der Waals surface area contributed by atoms with Gasteiger partial charge in [0.1, 0.15) is 0 Å². The Balaban J connectivity index is 2.24. The molecule has 1 heterocycles. The van der Waals surface area contributed by atoms with Crippen molar-refractivity contribution in [1.29, 1.82) is 0 Å². The second-order valence-electron chi connectivity index (χ2n) is 6.37. The molecule has 1 N–H and O–H groups in total. The van der Waals surface area contributed by atoms with Gasteiger partial charge >= 0.3 is 5.97 Å². The Morgan fingerprint density at radius 3 is 2.76 bits per heavy atom. The summed E-state index contributed by atoms with van der Waals surface area (Å²) in [6, 6.07) is 6.01. The van der Waals surface area contributed by atoms with E-state index in [1.165, 1.54) is 7.11 Å². The summed E-state index contributed by atoms with van der Waals surface area (Å²) in [4.78, 5) is 12.1. The maximum atomic E-state index is 12.1. The number of carbonyl (C=O) groups excluding carboxylic acids is 1. The fraction of sp³-hybridized carbons (Fsp3) is 0.526. The molecule has 0 radical (unpaired) electrons. The highest BCUT2D eigenvalue weighted by molar-refractivity contribution is 5.73. The fourth-order valence-corrected chi connectivity index (χ4v) is 3.06. The average molecular weight is 345 g/mol. The summed E-state index contributed by atoms with van der Waals surface area (Å²) in [5.41, 5.74) is 3.88. The Bertz CT molecular complexity index is 712. The summed E-state index contributed by atoms with van der Waals surface area (Å²) in [6.07, 6.45) is 3.43. The highest BCUT2D eigenvalue weighted by atomic mass is 16.5. The number of rotatable bonds is 8. The summed E-state index contributed by atoms with van der Waals surface area (Å²) in [5.74, 6) is -0.515. The van der Waals surface area contributed by atoms with Crippen LogP contribution in [-0.2, 0) is 29.1 Å². The van der Waals surface area contributed by atoms with E-state index in [-0.39, 0.29) is 24.4 Å². The molecule has 25 heavy (non-hydrogen) atoms. The lowest BCUT2D eigenvalue weighted by molar-refractivity contribution is -0.145. The Hall–Kier alpha value is -2.21. The normalized spacial score (nSPS) is 13.5. The number of methoxy groups -OCH3 is 1. The van der Waals surface area contributed by atoms with Crippen molar-refractivity contribution in [3.05, 3.63) is 46.8 Å². The van der Waals surface area contributed by atoms with Crippen molar-refractivity contribution in [2.45, 2.75) is 52.7 Å². The van der Waals surface area contributed by atoms with Crippen molar-refractivity contribution in [3.63, 3.8) is 0 Å². The van der Waals surface area contributed by atoms with Crippen molar-refractivity contribution < 1.29 is 14.6 Å². The van der Waals surface area contributed by atoms with Crippen LogP contribution >= 0.6 is 0 Å². The van der Waals surface area contributed by atoms with Crippen molar-refractivity contribution >= 4 is 5.97 Å². The van der Waals surface area contributed by atoms with Crippen LogP contribution in [0.3, 0.4) is 0 Å². The van der Waals surface area contributed by atoms with Crippen molar-refractivity contribution in [2.24, 2.45) is 5.92 Å². The molecule has 0 aliphatic rings. The maximum absolute atomic E-state index is 12.1. The summed E-state index contributed by atoms with van der Waals surface area (Å²) in [7, 11) is 1.41. The SMILES string of the molecule is CCn1cc(CCC(c2ccc(C)c(CO)c2)C(C)C(=O)OC)nn1. The summed E-state index contributed by atoms with van der Waals surface area (Å²) in [5, 5.41) is 17.8. The van der Waals surface area contributed by atoms with E-state index in [0.717, 1.165) is 41.8 Å².